The second-order valence-corrected chi connectivity index (χ2v) is 6.63. The Morgan fingerprint density at radius 3 is 2.88 bits per heavy atom. The molecular formula is C18H26N2O4. The fourth-order valence-corrected chi connectivity index (χ4v) is 3.38. The number of hydrogen-bond acceptors (Lipinski definition) is 5. The van der Waals surface area contributed by atoms with Gasteiger partial charge in [0.15, 0.2) is 0 Å². The minimum atomic E-state index is -0.371. The molecule has 0 aromatic carbocycles. The van der Waals surface area contributed by atoms with E-state index in [0.717, 1.165) is 24.8 Å². The van der Waals surface area contributed by atoms with E-state index in [1.165, 1.54) is 29.4 Å². The van der Waals surface area contributed by atoms with Gasteiger partial charge in [-0.05, 0) is 51.5 Å². The number of nitrogens with zero attached hydrogens (tertiary/aromatic N) is 2. The molecule has 24 heavy (non-hydrogen) atoms. The second kappa shape index (κ2) is 7.94. The first-order valence-corrected chi connectivity index (χ1v) is 8.84. The Hall–Kier alpha value is -1.66. The van der Waals surface area contributed by atoms with Crippen LogP contribution in [-0.2, 0) is 4.74 Å². The van der Waals surface area contributed by atoms with E-state index in [0.29, 0.717) is 18.9 Å². The maximum atomic E-state index is 12.3. The van der Waals surface area contributed by atoms with Gasteiger partial charge < -0.3 is 14.6 Å². The van der Waals surface area contributed by atoms with E-state index in [1.54, 1.807) is 6.20 Å². The molecule has 1 aliphatic heterocycles. The Morgan fingerprint density at radius 2 is 2.17 bits per heavy atom. The summed E-state index contributed by atoms with van der Waals surface area (Å²) in [4.78, 5) is 16.3. The van der Waals surface area contributed by atoms with Crippen molar-refractivity contribution in [3.05, 3.63) is 33.9 Å². The van der Waals surface area contributed by atoms with Crippen LogP contribution in [0.15, 0.2) is 22.6 Å². The predicted molar refractivity (Wildman–Crippen MR) is 90.1 cm³/mol. The summed E-state index contributed by atoms with van der Waals surface area (Å²) in [6, 6.07) is 0. The van der Waals surface area contributed by atoms with Crippen molar-refractivity contribution in [3.63, 3.8) is 0 Å². The van der Waals surface area contributed by atoms with Gasteiger partial charge in [0.25, 0.3) is 0 Å². The van der Waals surface area contributed by atoms with E-state index in [2.05, 4.69) is 11.1 Å². The summed E-state index contributed by atoms with van der Waals surface area (Å²) in [5.74, 6) is 0.389. The summed E-state index contributed by atoms with van der Waals surface area (Å²) in [6.07, 6.45) is 10.9. The number of aryl methyl sites for hydroxylation is 1. The van der Waals surface area contributed by atoms with Crippen molar-refractivity contribution in [2.24, 2.45) is 0 Å². The Morgan fingerprint density at radius 1 is 1.38 bits per heavy atom. The molecule has 2 heterocycles. The van der Waals surface area contributed by atoms with E-state index >= 15 is 0 Å². The molecule has 0 spiro atoms. The molecule has 2 aliphatic rings. The zero-order chi connectivity index (χ0) is 16.9. The number of aliphatic hydroxyl groups excluding tert-OH is 1. The third kappa shape index (κ3) is 4.05. The molecule has 132 valence electrons. The average molecular weight is 334 g/mol. The van der Waals surface area contributed by atoms with Crippen LogP contribution in [0.5, 0.6) is 5.88 Å². The van der Waals surface area contributed by atoms with Gasteiger partial charge >= 0.3 is 5.69 Å². The topological polar surface area (TPSA) is 73.6 Å². The smallest absolute Gasteiger partial charge is 0.352 e. The summed E-state index contributed by atoms with van der Waals surface area (Å²) in [5, 5.41) is 9.15. The molecule has 1 aliphatic carbocycles. The fourth-order valence-electron chi connectivity index (χ4n) is 3.38. The number of hydrogen-bond donors (Lipinski definition) is 1. The summed E-state index contributed by atoms with van der Waals surface area (Å²) in [6.45, 7) is 2.32. The zero-order valence-corrected chi connectivity index (χ0v) is 14.2. The first-order valence-electron chi connectivity index (χ1n) is 8.84. The normalized spacial score (nSPS) is 24.2. The summed E-state index contributed by atoms with van der Waals surface area (Å²) >= 11 is 0. The Kier molecular flexibility index (Phi) is 5.68. The highest BCUT2D eigenvalue weighted by molar-refractivity contribution is 5.21. The number of allylic oxidation sites excluding steroid dienone is 1. The minimum Gasteiger partial charge on any atom is -0.473 e. The lowest BCUT2D eigenvalue weighted by Gasteiger charge is -2.17. The molecule has 1 aromatic rings. The lowest BCUT2D eigenvalue weighted by molar-refractivity contribution is -0.0247. The summed E-state index contributed by atoms with van der Waals surface area (Å²) in [5.41, 5.74) is 1.89. The van der Waals surface area contributed by atoms with Crippen LogP contribution >= 0.6 is 0 Å². The molecule has 6 nitrogen and oxygen atoms in total. The Bertz CT molecular complexity index is 645. The van der Waals surface area contributed by atoms with E-state index in [9.17, 15) is 4.79 Å². The number of aliphatic hydroxyl groups is 1. The molecule has 1 saturated carbocycles. The SMILES string of the molecule is Cc1cn(C2CCC(CO)O2)c(=O)nc1OCC=C1CCCCC1. The molecule has 0 bridgehead atoms. The third-order valence-corrected chi connectivity index (χ3v) is 4.78. The molecule has 1 aromatic heterocycles. The Balaban J connectivity index is 1.65. The van der Waals surface area contributed by atoms with Crippen molar-refractivity contribution in [1.29, 1.82) is 0 Å². The third-order valence-electron chi connectivity index (χ3n) is 4.78. The van der Waals surface area contributed by atoms with Gasteiger partial charge in [0.05, 0.1) is 12.7 Å². The highest BCUT2D eigenvalue weighted by Gasteiger charge is 2.27. The van der Waals surface area contributed by atoms with E-state index in [4.69, 9.17) is 14.6 Å². The van der Waals surface area contributed by atoms with Crippen molar-refractivity contribution in [3.8, 4) is 5.88 Å². The standard InChI is InChI=1S/C18H26N2O4/c1-13-11-20(16-8-7-15(12-21)24-16)18(22)19-17(13)23-10-9-14-5-3-2-4-6-14/h9,11,15-16,21H,2-8,10,12H2,1H3. The van der Waals surface area contributed by atoms with Gasteiger partial charge in [-0.25, -0.2) is 4.79 Å². The number of rotatable bonds is 5. The first-order chi connectivity index (χ1) is 11.7. The van der Waals surface area contributed by atoms with Crippen LogP contribution in [-0.4, -0.2) is 34.0 Å². The summed E-state index contributed by atoms with van der Waals surface area (Å²) in [7, 11) is 0. The fraction of sp³-hybridized carbons (Fsp3) is 0.667. The molecule has 1 N–H and O–H groups in total. The predicted octanol–water partition coefficient (Wildman–Crippen LogP) is 2.49. The van der Waals surface area contributed by atoms with Crippen LogP contribution in [0, 0.1) is 6.92 Å². The molecule has 2 atom stereocenters. The van der Waals surface area contributed by atoms with Gasteiger partial charge in [0.1, 0.15) is 12.8 Å². The number of ether oxygens (including phenoxy) is 2. The average Bonchev–Trinajstić information content (AvgIpc) is 3.07. The largest absolute Gasteiger partial charge is 0.473 e. The lowest BCUT2D eigenvalue weighted by atomic mass is 9.95. The van der Waals surface area contributed by atoms with Gasteiger partial charge in [-0.1, -0.05) is 12.0 Å². The van der Waals surface area contributed by atoms with Crippen molar-refractivity contribution >= 4 is 0 Å². The van der Waals surface area contributed by atoms with Crippen LogP contribution in [0.1, 0.15) is 56.7 Å². The monoisotopic (exact) mass is 334 g/mol. The van der Waals surface area contributed by atoms with Crippen molar-refractivity contribution in [2.45, 2.75) is 64.2 Å². The van der Waals surface area contributed by atoms with Crippen molar-refractivity contribution < 1.29 is 14.6 Å². The molecule has 0 amide bonds. The first kappa shape index (κ1) is 17.2. The minimum absolute atomic E-state index is 0.0203. The van der Waals surface area contributed by atoms with Crippen LogP contribution in [0.3, 0.4) is 0 Å². The van der Waals surface area contributed by atoms with E-state index in [1.807, 2.05) is 6.92 Å². The van der Waals surface area contributed by atoms with Crippen LogP contribution in [0.4, 0.5) is 0 Å². The molecule has 6 heteroatoms. The van der Waals surface area contributed by atoms with Gasteiger partial charge in [0.2, 0.25) is 5.88 Å². The van der Waals surface area contributed by atoms with Crippen LogP contribution in [0.2, 0.25) is 0 Å². The summed E-state index contributed by atoms with van der Waals surface area (Å²) < 4.78 is 12.9. The number of aromatic nitrogens is 2. The van der Waals surface area contributed by atoms with E-state index in [-0.39, 0.29) is 24.6 Å². The van der Waals surface area contributed by atoms with Gasteiger partial charge in [-0.3, -0.25) is 4.57 Å². The quantitative estimate of drug-likeness (QED) is 0.838. The highest BCUT2D eigenvalue weighted by Crippen LogP contribution is 2.27. The molecule has 3 rings (SSSR count). The van der Waals surface area contributed by atoms with Gasteiger partial charge in [-0.15, -0.1) is 0 Å². The molecule has 1 saturated heterocycles. The second-order valence-electron chi connectivity index (χ2n) is 6.63. The van der Waals surface area contributed by atoms with Gasteiger partial charge in [-0.2, -0.15) is 4.98 Å². The van der Waals surface area contributed by atoms with Crippen LogP contribution < -0.4 is 10.4 Å². The van der Waals surface area contributed by atoms with Gasteiger partial charge in [0, 0.05) is 11.8 Å². The zero-order valence-electron chi connectivity index (χ0n) is 14.2. The molecule has 2 fully saturated rings. The highest BCUT2D eigenvalue weighted by atomic mass is 16.5. The van der Waals surface area contributed by atoms with Crippen LogP contribution in [0.25, 0.3) is 0 Å². The maximum Gasteiger partial charge on any atom is 0.352 e. The molecule has 2 unspecified atom stereocenters. The molecular weight excluding hydrogens is 308 g/mol. The lowest BCUT2D eigenvalue weighted by Crippen LogP contribution is -2.28. The van der Waals surface area contributed by atoms with Crippen molar-refractivity contribution in [1.82, 2.24) is 9.55 Å². The maximum absolute atomic E-state index is 12.3. The Labute approximate surface area is 142 Å². The van der Waals surface area contributed by atoms with Crippen molar-refractivity contribution in [2.75, 3.05) is 13.2 Å². The molecule has 0 radical (unpaired) electrons. The van der Waals surface area contributed by atoms with E-state index < -0.39 is 0 Å².